The van der Waals surface area contributed by atoms with Crippen molar-refractivity contribution in [3.8, 4) is 22.6 Å². The van der Waals surface area contributed by atoms with Gasteiger partial charge >= 0.3 is 0 Å². The first kappa shape index (κ1) is 18.6. The lowest BCUT2D eigenvalue weighted by Gasteiger charge is -2.23. The predicted molar refractivity (Wildman–Crippen MR) is 104 cm³/mol. The average molecular weight is 394 g/mol. The van der Waals surface area contributed by atoms with E-state index in [2.05, 4.69) is 16.7 Å². The number of nitrogens with one attached hydrogen (secondary N) is 2. The van der Waals surface area contributed by atoms with Crippen LogP contribution in [0.4, 0.5) is 4.39 Å². The molecule has 1 aromatic carbocycles. The molecule has 5 nitrogen and oxygen atoms in total. The fourth-order valence-corrected chi connectivity index (χ4v) is 5.19. The van der Waals surface area contributed by atoms with Gasteiger partial charge in [-0.2, -0.15) is 10.5 Å². The van der Waals surface area contributed by atoms with Gasteiger partial charge in [-0.15, -0.1) is 11.3 Å². The number of piperidine rings is 1. The van der Waals surface area contributed by atoms with Crippen LogP contribution >= 0.6 is 11.3 Å². The molecule has 1 amide bonds. The van der Waals surface area contributed by atoms with Crippen molar-refractivity contribution in [2.24, 2.45) is 5.92 Å². The maximum atomic E-state index is 13.8. The first-order valence-corrected chi connectivity index (χ1v) is 10.1. The van der Waals surface area contributed by atoms with Crippen LogP contribution in [0.15, 0.2) is 30.3 Å². The number of nitriles is 2. The average Bonchev–Trinajstić information content (AvgIpc) is 3.44. The van der Waals surface area contributed by atoms with E-state index < -0.39 is 11.9 Å². The minimum absolute atomic E-state index is 0.0158. The van der Waals surface area contributed by atoms with E-state index in [1.807, 2.05) is 18.2 Å². The van der Waals surface area contributed by atoms with Crippen LogP contribution in [0, 0.1) is 34.4 Å². The summed E-state index contributed by atoms with van der Waals surface area (Å²) >= 11 is 1.46. The Morgan fingerprint density at radius 3 is 2.82 bits per heavy atom. The highest BCUT2D eigenvalue weighted by atomic mass is 32.1. The van der Waals surface area contributed by atoms with Gasteiger partial charge in [-0.05, 0) is 55.0 Å². The minimum Gasteiger partial charge on any atom is -0.339 e. The topological polar surface area (TPSA) is 88.7 Å². The number of halogens is 1. The number of carbonyl (C=O) groups excluding carboxylic acids is 1. The van der Waals surface area contributed by atoms with Crippen molar-refractivity contribution in [2.75, 3.05) is 0 Å². The largest absolute Gasteiger partial charge is 0.339 e. The molecule has 2 N–H and O–H groups in total. The number of nitrogens with zero attached hydrogens (tertiary/aromatic N) is 2. The van der Waals surface area contributed by atoms with Crippen LogP contribution < -0.4 is 10.6 Å². The molecule has 1 aliphatic carbocycles. The summed E-state index contributed by atoms with van der Waals surface area (Å²) in [5.41, 5.74) is 0.707. The van der Waals surface area contributed by atoms with Crippen molar-refractivity contribution >= 4 is 17.2 Å². The normalized spacial score (nSPS) is 23.8. The van der Waals surface area contributed by atoms with Crippen molar-refractivity contribution < 1.29 is 9.18 Å². The van der Waals surface area contributed by atoms with Crippen molar-refractivity contribution in [2.45, 2.75) is 43.8 Å². The first-order valence-electron chi connectivity index (χ1n) is 9.32. The molecule has 0 spiro atoms. The van der Waals surface area contributed by atoms with Crippen molar-refractivity contribution in [1.82, 2.24) is 10.6 Å². The number of amides is 1. The van der Waals surface area contributed by atoms with Crippen LogP contribution in [0.25, 0.3) is 10.4 Å². The first-order chi connectivity index (χ1) is 13.6. The lowest BCUT2D eigenvalue weighted by atomic mass is 9.99. The summed E-state index contributed by atoms with van der Waals surface area (Å²) in [4.78, 5) is 14.3. The van der Waals surface area contributed by atoms with Crippen LogP contribution in [0.5, 0.6) is 0 Å². The monoisotopic (exact) mass is 394 g/mol. The van der Waals surface area contributed by atoms with E-state index in [4.69, 9.17) is 5.26 Å². The van der Waals surface area contributed by atoms with Crippen molar-refractivity contribution in [1.29, 1.82) is 10.5 Å². The lowest BCUT2D eigenvalue weighted by molar-refractivity contribution is -0.124. The van der Waals surface area contributed by atoms with E-state index in [0.717, 1.165) is 29.0 Å². The number of carbonyl (C=O) groups is 1. The Balaban J connectivity index is 1.41. The van der Waals surface area contributed by atoms with Gasteiger partial charge in [-0.3, -0.25) is 4.79 Å². The van der Waals surface area contributed by atoms with E-state index in [1.165, 1.54) is 23.5 Å². The third-order valence-corrected chi connectivity index (χ3v) is 6.71. The third kappa shape index (κ3) is 3.64. The van der Waals surface area contributed by atoms with Gasteiger partial charge in [0.25, 0.3) is 0 Å². The zero-order chi connectivity index (χ0) is 19.7. The van der Waals surface area contributed by atoms with E-state index in [9.17, 15) is 14.4 Å². The van der Waals surface area contributed by atoms with Crippen LogP contribution in [0.3, 0.4) is 0 Å². The predicted octanol–water partition coefficient (Wildman–Crippen LogP) is 3.12. The third-order valence-electron chi connectivity index (χ3n) is 5.56. The van der Waals surface area contributed by atoms with E-state index in [-0.39, 0.29) is 17.5 Å². The molecular weight excluding hydrogens is 375 g/mol. The molecule has 7 heteroatoms. The zero-order valence-electron chi connectivity index (χ0n) is 15.1. The number of hydrogen-bond donors (Lipinski definition) is 2. The Morgan fingerprint density at radius 1 is 1.32 bits per heavy atom. The summed E-state index contributed by atoms with van der Waals surface area (Å²) in [6.07, 6.45) is 3.66. The SMILES string of the molecule is N#Cc1ccc(-c2ccc(C[C@@H](C#N)NC(=O)[C@H]3N[C@H]4CC[C@H]3C4)s2)cc1F. The molecule has 1 aromatic heterocycles. The summed E-state index contributed by atoms with van der Waals surface area (Å²) in [7, 11) is 0. The minimum atomic E-state index is -0.599. The maximum absolute atomic E-state index is 13.8. The maximum Gasteiger partial charge on any atom is 0.238 e. The Kier molecular flexibility index (Phi) is 5.13. The standard InChI is InChI=1S/C21H19FN4OS/c22-18-8-12(1-2-14(18)10-23)19-6-5-17(28-19)9-16(11-24)26-21(27)20-13-3-4-15(7-13)25-20/h1-2,5-6,8,13,15-16,20,25H,3-4,7,9H2,(H,26,27)/t13-,15-,16-,20-/m0/s1. The Labute approximate surface area is 166 Å². The molecule has 1 saturated carbocycles. The highest BCUT2D eigenvalue weighted by Gasteiger charge is 2.43. The van der Waals surface area contributed by atoms with Gasteiger partial charge in [0.05, 0.1) is 17.7 Å². The van der Waals surface area contributed by atoms with Crippen LogP contribution in [0.1, 0.15) is 29.7 Å². The fourth-order valence-electron chi connectivity index (χ4n) is 4.14. The van der Waals surface area contributed by atoms with E-state index in [0.29, 0.717) is 23.9 Å². The second-order valence-electron chi connectivity index (χ2n) is 7.38. The Bertz CT molecular complexity index is 989. The van der Waals surface area contributed by atoms with Crippen LogP contribution in [-0.2, 0) is 11.2 Å². The number of hydrogen-bond acceptors (Lipinski definition) is 5. The molecule has 2 aliphatic rings. The molecular formula is C21H19FN4OS. The summed E-state index contributed by atoms with van der Waals surface area (Å²) in [6, 6.07) is 11.9. The van der Waals surface area contributed by atoms with Gasteiger partial charge in [0, 0.05) is 22.2 Å². The highest BCUT2D eigenvalue weighted by molar-refractivity contribution is 7.15. The van der Waals surface area contributed by atoms with Gasteiger partial charge in [0.1, 0.15) is 17.9 Å². The van der Waals surface area contributed by atoms with Gasteiger partial charge < -0.3 is 10.6 Å². The molecule has 0 radical (unpaired) electrons. The number of benzene rings is 1. The molecule has 4 atom stereocenters. The molecule has 28 heavy (non-hydrogen) atoms. The second-order valence-corrected chi connectivity index (χ2v) is 8.55. The van der Waals surface area contributed by atoms with Crippen LogP contribution in [-0.4, -0.2) is 24.0 Å². The highest BCUT2D eigenvalue weighted by Crippen LogP contribution is 2.35. The number of thiophene rings is 1. The van der Waals surface area contributed by atoms with Crippen LogP contribution in [0.2, 0.25) is 0 Å². The van der Waals surface area contributed by atoms with Gasteiger partial charge in [0.2, 0.25) is 5.91 Å². The summed E-state index contributed by atoms with van der Waals surface area (Å²) in [5.74, 6) is -0.260. The van der Waals surface area contributed by atoms with Crippen molar-refractivity contribution in [3.05, 3.63) is 46.6 Å². The quantitative estimate of drug-likeness (QED) is 0.816. The lowest BCUT2D eigenvalue weighted by Crippen LogP contribution is -2.50. The molecule has 2 bridgehead atoms. The molecule has 142 valence electrons. The second kappa shape index (κ2) is 7.71. The Hall–Kier alpha value is -2.74. The molecule has 0 unspecified atom stereocenters. The molecule has 2 aromatic rings. The van der Waals surface area contributed by atoms with Gasteiger partial charge in [-0.25, -0.2) is 4.39 Å². The number of fused-ring (bicyclic) bond motifs is 2. The molecule has 1 aliphatic heterocycles. The van der Waals surface area contributed by atoms with Crippen molar-refractivity contribution in [3.63, 3.8) is 0 Å². The molecule has 2 fully saturated rings. The van der Waals surface area contributed by atoms with E-state index in [1.54, 1.807) is 6.07 Å². The molecule has 2 heterocycles. The Morgan fingerprint density at radius 2 is 2.18 bits per heavy atom. The molecule has 1 saturated heterocycles. The summed E-state index contributed by atoms with van der Waals surface area (Å²) < 4.78 is 13.8. The van der Waals surface area contributed by atoms with Gasteiger partial charge in [-0.1, -0.05) is 6.07 Å². The number of rotatable bonds is 5. The van der Waals surface area contributed by atoms with Gasteiger partial charge in [0.15, 0.2) is 0 Å². The molecule has 4 rings (SSSR count). The fraction of sp³-hybridized carbons (Fsp3) is 0.381. The summed E-state index contributed by atoms with van der Waals surface area (Å²) in [6.45, 7) is 0. The van der Waals surface area contributed by atoms with E-state index >= 15 is 0 Å². The summed E-state index contributed by atoms with van der Waals surface area (Å²) in [5, 5.41) is 24.5. The smallest absolute Gasteiger partial charge is 0.238 e. The zero-order valence-corrected chi connectivity index (χ0v) is 15.9.